The smallest absolute Gasteiger partial charge is 0.249 e. The van der Waals surface area contributed by atoms with Gasteiger partial charge in [-0.3, -0.25) is 14.4 Å². The van der Waals surface area contributed by atoms with Crippen LogP contribution in [0.15, 0.2) is 28.6 Å². The summed E-state index contributed by atoms with van der Waals surface area (Å²) < 4.78 is 39.7. The molecule has 0 aliphatic rings. The largest absolute Gasteiger partial charge is 0.299 e. The third-order valence-corrected chi connectivity index (χ3v) is 6.16. The zero-order valence-electron chi connectivity index (χ0n) is 13.8. The summed E-state index contributed by atoms with van der Waals surface area (Å²) in [5.41, 5.74) is -0.188. The summed E-state index contributed by atoms with van der Waals surface area (Å²) >= 11 is 2.67. The number of hydrogen-bond acceptors (Lipinski definition) is 7. The quantitative estimate of drug-likeness (QED) is 0.563. The summed E-state index contributed by atoms with van der Waals surface area (Å²) in [7, 11) is -3.88. The molecule has 7 nitrogen and oxygen atoms in total. The molecule has 0 unspecified atom stereocenters. The van der Waals surface area contributed by atoms with Crippen LogP contribution < -0.4 is 9.62 Å². The number of aromatic nitrogens is 2. The van der Waals surface area contributed by atoms with Crippen molar-refractivity contribution in [3.8, 4) is 0 Å². The van der Waals surface area contributed by atoms with Crippen LogP contribution in [0, 0.1) is 5.82 Å². The molecule has 0 saturated carbocycles. The van der Waals surface area contributed by atoms with Crippen molar-refractivity contribution in [2.75, 3.05) is 21.6 Å². The molecular weight excluding hydrogens is 387 g/mol. The van der Waals surface area contributed by atoms with Gasteiger partial charge >= 0.3 is 0 Å². The molecule has 0 bridgehead atoms. The first-order valence-electron chi connectivity index (χ1n) is 7.25. The van der Waals surface area contributed by atoms with Gasteiger partial charge in [-0.05, 0) is 24.8 Å². The van der Waals surface area contributed by atoms with Gasteiger partial charge in [0.2, 0.25) is 21.1 Å². The molecule has 2 rings (SSSR count). The molecule has 1 aromatic heterocycles. The maximum absolute atomic E-state index is 14.0. The Morgan fingerprint density at radius 3 is 2.68 bits per heavy atom. The third-order valence-electron chi connectivity index (χ3n) is 3.08. The van der Waals surface area contributed by atoms with Gasteiger partial charge in [-0.15, -0.1) is 10.2 Å². The van der Waals surface area contributed by atoms with E-state index in [1.54, 1.807) is 0 Å². The van der Waals surface area contributed by atoms with E-state index in [0.717, 1.165) is 22.4 Å². The van der Waals surface area contributed by atoms with E-state index in [1.165, 1.54) is 48.2 Å². The Morgan fingerprint density at radius 2 is 2.08 bits per heavy atom. The lowest BCUT2D eigenvalue weighted by atomic mass is 10.2. The number of carbonyl (C=O) groups is 1. The van der Waals surface area contributed by atoms with E-state index in [-0.39, 0.29) is 10.8 Å². The topological polar surface area (TPSA) is 92.3 Å². The normalized spacial score (nSPS) is 12.6. The van der Waals surface area contributed by atoms with E-state index >= 15 is 0 Å². The molecule has 0 fully saturated rings. The fourth-order valence-corrected chi connectivity index (χ4v) is 4.89. The summed E-state index contributed by atoms with van der Waals surface area (Å²) in [6, 6.07) is 4.22. The lowest BCUT2D eigenvalue weighted by molar-refractivity contribution is -0.116. The van der Waals surface area contributed by atoms with Crippen LogP contribution in [-0.2, 0) is 14.8 Å². The summed E-state index contributed by atoms with van der Waals surface area (Å²) in [5, 5.41) is 10.5. The third kappa shape index (κ3) is 4.89. The summed E-state index contributed by atoms with van der Waals surface area (Å²) in [6.45, 7) is 3.34. The SMILES string of the molecule is CCSc1nnc(NC(=O)[C@H](C)N(c2ccccc2F)S(C)(=O)=O)s1. The molecule has 25 heavy (non-hydrogen) atoms. The first-order chi connectivity index (χ1) is 11.7. The van der Waals surface area contributed by atoms with Gasteiger partial charge in [-0.25, -0.2) is 12.8 Å². The summed E-state index contributed by atoms with van der Waals surface area (Å²) in [4.78, 5) is 12.4. The fourth-order valence-electron chi connectivity index (χ4n) is 2.06. The van der Waals surface area contributed by atoms with Gasteiger partial charge < -0.3 is 0 Å². The number of para-hydroxylation sites is 1. The molecule has 0 aliphatic carbocycles. The van der Waals surface area contributed by atoms with E-state index in [9.17, 15) is 17.6 Å². The fraction of sp³-hybridized carbons (Fsp3) is 0.357. The van der Waals surface area contributed by atoms with Crippen LogP contribution in [-0.4, -0.2) is 42.6 Å². The highest BCUT2D eigenvalue weighted by atomic mass is 32.2. The molecular formula is C14H17FN4O3S3. The standard InChI is InChI=1S/C14H17FN4O3S3/c1-4-23-14-18-17-13(24-14)16-12(20)9(2)19(25(3,21)22)11-8-6-5-7-10(11)15/h5-9H,4H2,1-3H3,(H,16,17,20)/t9-/m0/s1. The first kappa shape index (κ1) is 19.6. The van der Waals surface area contributed by atoms with Gasteiger partial charge in [0.15, 0.2) is 4.34 Å². The number of hydrogen-bond donors (Lipinski definition) is 1. The molecule has 1 heterocycles. The predicted octanol–water partition coefficient (Wildman–Crippen LogP) is 2.58. The van der Waals surface area contributed by atoms with Crippen molar-refractivity contribution >= 4 is 49.8 Å². The van der Waals surface area contributed by atoms with Gasteiger partial charge in [-0.2, -0.15) is 0 Å². The number of carbonyl (C=O) groups excluding carboxylic acids is 1. The zero-order valence-corrected chi connectivity index (χ0v) is 16.2. The van der Waals surface area contributed by atoms with Gasteiger partial charge in [0.05, 0.1) is 11.9 Å². The molecule has 0 aliphatic heterocycles. The van der Waals surface area contributed by atoms with Crippen molar-refractivity contribution in [2.45, 2.75) is 24.2 Å². The monoisotopic (exact) mass is 404 g/mol. The molecule has 1 N–H and O–H groups in total. The second kappa shape index (κ2) is 8.11. The highest BCUT2D eigenvalue weighted by molar-refractivity contribution is 8.01. The molecule has 1 aromatic carbocycles. The maximum atomic E-state index is 14.0. The Morgan fingerprint density at radius 1 is 1.40 bits per heavy atom. The molecule has 2 aromatic rings. The maximum Gasteiger partial charge on any atom is 0.249 e. The van der Waals surface area contributed by atoms with Crippen LogP contribution >= 0.6 is 23.1 Å². The van der Waals surface area contributed by atoms with Crippen LogP contribution in [0.5, 0.6) is 0 Å². The molecule has 1 atom stereocenters. The Kier molecular flexibility index (Phi) is 6.36. The Hall–Kier alpha value is -1.72. The Bertz CT molecular complexity index is 857. The van der Waals surface area contributed by atoms with Gasteiger partial charge in [0, 0.05) is 0 Å². The Balaban J connectivity index is 2.25. The van der Waals surface area contributed by atoms with Crippen molar-refractivity contribution in [3.63, 3.8) is 0 Å². The van der Waals surface area contributed by atoms with Gasteiger partial charge in [0.1, 0.15) is 11.9 Å². The van der Waals surface area contributed by atoms with Gasteiger partial charge in [-0.1, -0.05) is 42.2 Å². The predicted molar refractivity (Wildman–Crippen MR) is 98.1 cm³/mol. The molecule has 0 spiro atoms. The summed E-state index contributed by atoms with van der Waals surface area (Å²) in [5.74, 6) is -0.545. The number of rotatable bonds is 7. The number of sulfonamides is 1. The highest BCUT2D eigenvalue weighted by Gasteiger charge is 2.31. The minimum absolute atomic E-state index is 0.188. The van der Waals surface area contributed by atoms with E-state index < -0.39 is 27.8 Å². The van der Waals surface area contributed by atoms with Crippen molar-refractivity contribution in [1.29, 1.82) is 0 Å². The average molecular weight is 405 g/mol. The van der Waals surface area contributed by atoms with Crippen molar-refractivity contribution in [1.82, 2.24) is 10.2 Å². The van der Waals surface area contributed by atoms with E-state index in [4.69, 9.17) is 0 Å². The number of benzene rings is 1. The minimum atomic E-state index is -3.88. The molecule has 136 valence electrons. The molecule has 1 amide bonds. The Labute approximate surface area is 153 Å². The lowest BCUT2D eigenvalue weighted by Crippen LogP contribution is -2.45. The molecule has 0 saturated heterocycles. The second-order valence-corrected chi connectivity index (χ2v) is 9.33. The minimum Gasteiger partial charge on any atom is -0.299 e. The number of amides is 1. The van der Waals surface area contributed by atoms with E-state index in [0.29, 0.717) is 4.34 Å². The van der Waals surface area contributed by atoms with Crippen LogP contribution in [0.3, 0.4) is 0 Å². The number of nitrogens with zero attached hydrogens (tertiary/aromatic N) is 3. The average Bonchev–Trinajstić information content (AvgIpc) is 2.95. The van der Waals surface area contributed by atoms with Crippen LogP contribution in [0.4, 0.5) is 15.2 Å². The van der Waals surface area contributed by atoms with E-state index in [1.807, 2.05) is 6.92 Å². The van der Waals surface area contributed by atoms with E-state index in [2.05, 4.69) is 15.5 Å². The number of thioether (sulfide) groups is 1. The zero-order chi connectivity index (χ0) is 18.6. The van der Waals surface area contributed by atoms with Crippen molar-refractivity contribution in [3.05, 3.63) is 30.1 Å². The number of nitrogens with one attached hydrogen (secondary N) is 1. The van der Waals surface area contributed by atoms with Crippen LogP contribution in [0.2, 0.25) is 0 Å². The van der Waals surface area contributed by atoms with Gasteiger partial charge in [0.25, 0.3) is 0 Å². The van der Waals surface area contributed by atoms with Crippen LogP contribution in [0.25, 0.3) is 0 Å². The van der Waals surface area contributed by atoms with Crippen LogP contribution in [0.1, 0.15) is 13.8 Å². The molecule has 0 radical (unpaired) electrons. The lowest BCUT2D eigenvalue weighted by Gasteiger charge is -2.28. The van der Waals surface area contributed by atoms with Crippen molar-refractivity contribution < 1.29 is 17.6 Å². The first-order valence-corrected chi connectivity index (χ1v) is 10.9. The number of halogens is 1. The highest BCUT2D eigenvalue weighted by Crippen LogP contribution is 2.27. The molecule has 11 heteroatoms. The summed E-state index contributed by atoms with van der Waals surface area (Å²) in [6.07, 6.45) is 0.921. The second-order valence-electron chi connectivity index (χ2n) is 4.98. The van der Waals surface area contributed by atoms with Crippen molar-refractivity contribution in [2.24, 2.45) is 0 Å². The number of anilines is 2.